The Bertz CT molecular complexity index is 68.9. The highest BCUT2D eigenvalue weighted by Gasteiger charge is 1.90. The average molecular weight is 179 g/mol. The van der Waals surface area contributed by atoms with E-state index >= 15 is 0 Å². The van der Waals surface area contributed by atoms with Gasteiger partial charge in [-0.25, -0.2) is 0 Å². The minimum Gasteiger partial charge on any atom is -0.500 e. The molecule has 0 saturated carbocycles. The molecule has 0 aromatic heterocycles. The van der Waals surface area contributed by atoms with Crippen LogP contribution in [0.2, 0.25) is 0 Å². The van der Waals surface area contributed by atoms with E-state index in [-0.39, 0.29) is 0 Å². The Morgan fingerprint density at radius 2 is 2.38 bits per heavy atom. The molecule has 0 spiro atoms. The van der Waals surface area contributed by atoms with Crippen LogP contribution in [0.15, 0.2) is 12.3 Å². The van der Waals surface area contributed by atoms with E-state index in [1.54, 1.807) is 6.26 Å². The van der Waals surface area contributed by atoms with Crippen molar-refractivity contribution in [3.05, 3.63) is 12.3 Å². The number of allylic oxidation sites excluding steroid dienone is 1. The monoisotopic (exact) mass is 178 g/mol. The van der Waals surface area contributed by atoms with Gasteiger partial charge in [0.2, 0.25) is 0 Å². The fourth-order valence-electron chi connectivity index (χ4n) is 0.284. The van der Waals surface area contributed by atoms with Crippen LogP contribution < -0.4 is 0 Å². The van der Waals surface area contributed by atoms with E-state index in [1.165, 1.54) is 0 Å². The second-order valence-electron chi connectivity index (χ2n) is 1.58. The Balaban J connectivity index is 2.93. The van der Waals surface area contributed by atoms with Crippen LogP contribution in [0.25, 0.3) is 0 Å². The van der Waals surface area contributed by atoms with Crippen molar-refractivity contribution in [1.29, 1.82) is 0 Å². The van der Waals surface area contributed by atoms with Crippen LogP contribution in [-0.2, 0) is 4.74 Å². The third kappa shape index (κ3) is 6.02. The summed E-state index contributed by atoms with van der Waals surface area (Å²) >= 11 is 3.35. The van der Waals surface area contributed by atoms with E-state index in [4.69, 9.17) is 4.74 Å². The van der Waals surface area contributed by atoms with Crippen molar-refractivity contribution in [3.63, 3.8) is 0 Å². The summed E-state index contributed by atoms with van der Waals surface area (Å²) in [5.74, 6) is 0. The van der Waals surface area contributed by atoms with Gasteiger partial charge < -0.3 is 4.74 Å². The lowest BCUT2D eigenvalue weighted by Gasteiger charge is -1.99. The maximum atomic E-state index is 5.02. The Morgan fingerprint density at radius 3 is 2.75 bits per heavy atom. The van der Waals surface area contributed by atoms with E-state index in [9.17, 15) is 0 Å². The standard InChI is InChI=1S/C6H11BrO/c1-3-4-8-5-6(2)7/h3-4,6H,5H2,1-2H3. The Kier molecular flexibility index (Phi) is 5.18. The van der Waals surface area contributed by atoms with Gasteiger partial charge in [0.05, 0.1) is 12.9 Å². The number of halogens is 1. The largest absolute Gasteiger partial charge is 0.500 e. The summed E-state index contributed by atoms with van der Waals surface area (Å²) in [6.07, 6.45) is 3.56. The first-order chi connectivity index (χ1) is 3.77. The van der Waals surface area contributed by atoms with E-state index in [0.29, 0.717) is 4.83 Å². The topological polar surface area (TPSA) is 9.23 Å². The molecule has 2 heteroatoms. The zero-order valence-electron chi connectivity index (χ0n) is 5.23. The zero-order valence-corrected chi connectivity index (χ0v) is 6.81. The lowest BCUT2D eigenvalue weighted by Crippen LogP contribution is -1.98. The fourth-order valence-corrected chi connectivity index (χ4v) is 0.437. The predicted molar refractivity (Wildman–Crippen MR) is 39.2 cm³/mol. The molecule has 0 N–H and O–H groups in total. The van der Waals surface area contributed by atoms with Gasteiger partial charge in [-0.1, -0.05) is 22.0 Å². The second kappa shape index (κ2) is 5.16. The molecule has 48 valence electrons. The number of alkyl halides is 1. The van der Waals surface area contributed by atoms with Crippen molar-refractivity contribution in [1.82, 2.24) is 0 Å². The van der Waals surface area contributed by atoms with Crippen LogP contribution >= 0.6 is 15.9 Å². The first kappa shape index (κ1) is 8.02. The molecule has 0 aliphatic carbocycles. The van der Waals surface area contributed by atoms with Gasteiger partial charge in [-0.05, 0) is 13.8 Å². The van der Waals surface area contributed by atoms with Gasteiger partial charge in [0.25, 0.3) is 0 Å². The van der Waals surface area contributed by atoms with Gasteiger partial charge in [-0.2, -0.15) is 0 Å². The second-order valence-corrected chi connectivity index (χ2v) is 3.15. The molecule has 0 rings (SSSR count). The molecule has 1 unspecified atom stereocenters. The lowest BCUT2D eigenvalue weighted by atomic mass is 10.5. The molecule has 0 aromatic carbocycles. The minimum absolute atomic E-state index is 0.443. The third-order valence-corrected chi connectivity index (χ3v) is 0.823. The van der Waals surface area contributed by atoms with Gasteiger partial charge in [-0.15, -0.1) is 0 Å². The van der Waals surface area contributed by atoms with Gasteiger partial charge in [0, 0.05) is 4.83 Å². The van der Waals surface area contributed by atoms with Crippen molar-refractivity contribution in [2.45, 2.75) is 18.7 Å². The quantitative estimate of drug-likeness (QED) is 0.477. The van der Waals surface area contributed by atoms with Crippen LogP contribution in [0, 0.1) is 0 Å². The highest BCUT2D eigenvalue weighted by atomic mass is 79.9. The summed E-state index contributed by atoms with van der Waals surface area (Å²) in [4.78, 5) is 0.443. The molecule has 0 aliphatic heterocycles. The summed E-state index contributed by atoms with van der Waals surface area (Å²) in [5.41, 5.74) is 0. The smallest absolute Gasteiger partial charge is 0.0995 e. The van der Waals surface area contributed by atoms with E-state index in [1.807, 2.05) is 19.9 Å². The Morgan fingerprint density at radius 1 is 1.75 bits per heavy atom. The van der Waals surface area contributed by atoms with Crippen molar-refractivity contribution >= 4 is 15.9 Å². The van der Waals surface area contributed by atoms with Crippen LogP contribution in [-0.4, -0.2) is 11.4 Å². The molecule has 0 aromatic rings. The summed E-state index contributed by atoms with van der Waals surface area (Å²) in [6.45, 7) is 4.72. The predicted octanol–water partition coefficient (Wildman–Crippen LogP) is 2.32. The first-order valence-corrected chi connectivity index (χ1v) is 3.55. The van der Waals surface area contributed by atoms with Crippen molar-refractivity contribution in [2.24, 2.45) is 0 Å². The van der Waals surface area contributed by atoms with Gasteiger partial charge >= 0.3 is 0 Å². The van der Waals surface area contributed by atoms with Gasteiger partial charge in [0.15, 0.2) is 0 Å². The van der Waals surface area contributed by atoms with E-state index in [2.05, 4.69) is 15.9 Å². The van der Waals surface area contributed by atoms with Crippen LogP contribution in [0.5, 0.6) is 0 Å². The molecule has 0 heterocycles. The molecule has 1 atom stereocenters. The Hall–Kier alpha value is 0.0200. The maximum Gasteiger partial charge on any atom is 0.0995 e. The fraction of sp³-hybridized carbons (Fsp3) is 0.667. The number of rotatable bonds is 3. The maximum absolute atomic E-state index is 5.02. The average Bonchev–Trinajstić information content (AvgIpc) is 1.66. The summed E-state index contributed by atoms with van der Waals surface area (Å²) < 4.78 is 5.02. The van der Waals surface area contributed by atoms with Crippen LogP contribution in [0.4, 0.5) is 0 Å². The number of hydrogen-bond acceptors (Lipinski definition) is 1. The highest BCUT2D eigenvalue weighted by molar-refractivity contribution is 9.09. The summed E-state index contributed by atoms with van der Waals surface area (Å²) in [5, 5.41) is 0. The van der Waals surface area contributed by atoms with Gasteiger partial charge in [0.1, 0.15) is 0 Å². The first-order valence-electron chi connectivity index (χ1n) is 2.64. The molecule has 0 aliphatic rings. The molecule has 0 radical (unpaired) electrons. The molecule has 0 saturated heterocycles. The third-order valence-electron chi connectivity index (χ3n) is 0.558. The molecule has 0 fully saturated rings. The number of ether oxygens (including phenoxy) is 1. The highest BCUT2D eigenvalue weighted by Crippen LogP contribution is 1.96. The van der Waals surface area contributed by atoms with Crippen molar-refractivity contribution < 1.29 is 4.74 Å². The SMILES string of the molecule is CC=COCC(C)Br. The van der Waals surface area contributed by atoms with E-state index < -0.39 is 0 Å². The van der Waals surface area contributed by atoms with Crippen molar-refractivity contribution in [3.8, 4) is 0 Å². The molecular weight excluding hydrogens is 168 g/mol. The molecule has 0 bridgehead atoms. The van der Waals surface area contributed by atoms with Gasteiger partial charge in [-0.3, -0.25) is 0 Å². The van der Waals surface area contributed by atoms with Crippen LogP contribution in [0.1, 0.15) is 13.8 Å². The summed E-state index contributed by atoms with van der Waals surface area (Å²) in [7, 11) is 0. The normalized spacial score (nSPS) is 14.4. The van der Waals surface area contributed by atoms with Crippen LogP contribution in [0.3, 0.4) is 0 Å². The molecule has 8 heavy (non-hydrogen) atoms. The zero-order chi connectivity index (χ0) is 6.41. The Labute approximate surface area is 58.9 Å². The molecule has 0 amide bonds. The minimum atomic E-state index is 0.443. The summed E-state index contributed by atoms with van der Waals surface area (Å²) in [6, 6.07) is 0. The number of hydrogen-bond donors (Lipinski definition) is 0. The lowest BCUT2D eigenvalue weighted by molar-refractivity contribution is 0.255. The van der Waals surface area contributed by atoms with Crippen molar-refractivity contribution in [2.75, 3.05) is 6.61 Å². The van der Waals surface area contributed by atoms with E-state index in [0.717, 1.165) is 6.61 Å². The molecular formula is C6H11BrO. The molecule has 1 nitrogen and oxygen atoms in total.